The number of aromatic carboxylic acids is 1. The molecule has 0 unspecified atom stereocenters. The first-order valence-electron chi connectivity index (χ1n) is 6.21. The number of nitro benzene ring substituents is 1. The summed E-state index contributed by atoms with van der Waals surface area (Å²) in [6, 6.07) is 4.61. The van der Waals surface area contributed by atoms with Gasteiger partial charge in [0, 0.05) is 37.1 Å². The van der Waals surface area contributed by atoms with E-state index in [1.54, 1.807) is 10.6 Å². The molecule has 2 rings (SSSR count). The zero-order valence-corrected chi connectivity index (χ0v) is 11.3. The number of carbonyl (C=O) groups is 1. The highest BCUT2D eigenvalue weighted by molar-refractivity contribution is 5.84. The third-order valence-electron chi connectivity index (χ3n) is 2.97. The Morgan fingerprint density at radius 2 is 2.29 bits per heavy atom. The highest BCUT2D eigenvalue weighted by Crippen LogP contribution is 2.21. The number of anilines is 1. The molecule has 0 amide bonds. The van der Waals surface area contributed by atoms with Crippen LogP contribution in [0.4, 0.5) is 11.4 Å². The molecule has 1 heterocycles. The third-order valence-corrected chi connectivity index (χ3v) is 2.97. The lowest BCUT2D eigenvalue weighted by atomic mass is 10.2. The Labute approximate surface area is 120 Å². The fraction of sp³-hybridized carbons (Fsp3) is 0.231. The molecular formula is C13H14N4O4. The Balaban J connectivity index is 1.98. The van der Waals surface area contributed by atoms with Crippen LogP contribution in [-0.4, -0.2) is 32.1 Å². The van der Waals surface area contributed by atoms with Gasteiger partial charge in [-0.3, -0.25) is 10.1 Å². The molecule has 8 heteroatoms. The molecule has 8 nitrogen and oxygen atoms in total. The SMILES string of the molecule is Cc1ccc([N+](=O)[O-])cc1NCCn1cnc(C(=O)O)c1. The van der Waals surface area contributed by atoms with Crippen molar-refractivity contribution in [2.75, 3.05) is 11.9 Å². The molecule has 21 heavy (non-hydrogen) atoms. The van der Waals surface area contributed by atoms with Crippen LogP contribution in [0.3, 0.4) is 0 Å². The molecule has 0 fully saturated rings. The van der Waals surface area contributed by atoms with E-state index in [4.69, 9.17) is 5.11 Å². The van der Waals surface area contributed by atoms with Crippen LogP contribution < -0.4 is 5.32 Å². The number of nitro groups is 1. The molecule has 0 atom stereocenters. The highest BCUT2D eigenvalue weighted by Gasteiger charge is 2.09. The van der Waals surface area contributed by atoms with Crippen molar-refractivity contribution in [1.82, 2.24) is 9.55 Å². The number of hydrogen-bond donors (Lipinski definition) is 2. The molecule has 2 aromatic rings. The van der Waals surface area contributed by atoms with Crippen LogP contribution >= 0.6 is 0 Å². The minimum Gasteiger partial charge on any atom is -0.476 e. The standard InChI is InChI=1S/C13H14N4O4/c1-9-2-3-10(17(20)21)6-11(9)14-4-5-16-7-12(13(18)19)15-8-16/h2-3,6-8,14H,4-5H2,1H3,(H,18,19). The summed E-state index contributed by atoms with van der Waals surface area (Å²) in [6.45, 7) is 2.85. The third kappa shape index (κ3) is 3.56. The van der Waals surface area contributed by atoms with Gasteiger partial charge in [0.1, 0.15) is 0 Å². The Morgan fingerprint density at radius 3 is 2.90 bits per heavy atom. The number of aryl methyl sites for hydroxylation is 1. The summed E-state index contributed by atoms with van der Waals surface area (Å²) in [5.41, 5.74) is 1.60. The molecule has 1 aromatic heterocycles. The molecule has 110 valence electrons. The van der Waals surface area contributed by atoms with Crippen molar-refractivity contribution in [3.63, 3.8) is 0 Å². The normalized spacial score (nSPS) is 10.3. The Kier molecular flexibility index (Phi) is 4.17. The van der Waals surface area contributed by atoms with E-state index >= 15 is 0 Å². The number of non-ortho nitro benzene ring substituents is 1. The summed E-state index contributed by atoms with van der Waals surface area (Å²) in [6.07, 6.45) is 2.87. The van der Waals surface area contributed by atoms with E-state index < -0.39 is 10.9 Å². The number of carboxylic acids is 1. The molecular weight excluding hydrogens is 276 g/mol. The monoisotopic (exact) mass is 290 g/mol. The summed E-state index contributed by atoms with van der Waals surface area (Å²) in [5.74, 6) is -1.07. The van der Waals surface area contributed by atoms with Gasteiger partial charge < -0.3 is 15.0 Å². The van der Waals surface area contributed by atoms with Crippen molar-refractivity contribution in [3.05, 3.63) is 52.1 Å². The van der Waals surface area contributed by atoms with E-state index in [9.17, 15) is 14.9 Å². The van der Waals surface area contributed by atoms with E-state index in [-0.39, 0.29) is 11.4 Å². The second-order valence-electron chi connectivity index (χ2n) is 4.48. The van der Waals surface area contributed by atoms with Gasteiger partial charge in [0.15, 0.2) is 5.69 Å². The van der Waals surface area contributed by atoms with Crippen molar-refractivity contribution in [2.24, 2.45) is 0 Å². The first-order valence-corrected chi connectivity index (χ1v) is 6.21. The summed E-state index contributed by atoms with van der Waals surface area (Å²) in [7, 11) is 0. The Bertz CT molecular complexity index is 681. The predicted octanol–water partition coefficient (Wildman–Crippen LogP) is 1.91. The van der Waals surface area contributed by atoms with Crippen LogP contribution in [0.1, 0.15) is 16.1 Å². The zero-order valence-electron chi connectivity index (χ0n) is 11.3. The fourth-order valence-corrected chi connectivity index (χ4v) is 1.83. The first-order chi connectivity index (χ1) is 9.97. The van der Waals surface area contributed by atoms with Crippen molar-refractivity contribution in [3.8, 4) is 0 Å². The van der Waals surface area contributed by atoms with Gasteiger partial charge in [-0.25, -0.2) is 9.78 Å². The number of hydrogen-bond acceptors (Lipinski definition) is 5. The van der Waals surface area contributed by atoms with Crippen molar-refractivity contribution in [1.29, 1.82) is 0 Å². The molecule has 0 aliphatic heterocycles. The number of nitrogens with zero attached hydrogens (tertiary/aromatic N) is 3. The number of nitrogens with one attached hydrogen (secondary N) is 1. The van der Waals surface area contributed by atoms with Crippen molar-refractivity contribution >= 4 is 17.3 Å². The molecule has 0 radical (unpaired) electrons. The number of benzene rings is 1. The molecule has 0 aliphatic rings. The van der Waals surface area contributed by atoms with Crippen LogP contribution in [0.25, 0.3) is 0 Å². The maximum absolute atomic E-state index is 10.7. The lowest BCUT2D eigenvalue weighted by Crippen LogP contribution is -2.10. The van der Waals surface area contributed by atoms with E-state index in [0.29, 0.717) is 18.8 Å². The number of rotatable bonds is 6. The maximum atomic E-state index is 10.7. The first kappa shape index (κ1) is 14.5. The number of imidazole rings is 1. The summed E-state index contributed by atoms with van der Waals surface area (Å²) in [5, 5.41) is 22.6. The molecule has 0 saturated carbocycles. The molecule has 0 bridgehead atoms. The Morgan fingerprint density at radius 1 is 1.52 bits per heavy atom. The summed E-state index contributed by atoms with van der Waals surface area (Å²) >= 11 is 0. The molecule has 1 aromatic carbocycles. The average Bonchev–Trinajstić information content (AvgIpc) is 2.89. The van der Waals surface area contributed by atoms with Gasteiger partial charge in [-0.2, -0.15) is 0 Å². The van der Waals surface area contributed by atoms with E-state index in [1.807, 2.05) is 6.92 Å². The largest absolute Gasteiger partial charge is 0.476 e. The van der Waals surface area contributed by atoms with Gasteiger partial charge >= 0.3 is 5.97 Å². The zero-order chi connectivity index (χ0) is 15.4. The van der Waals surface area contributed by atoms with Crippen LogP contribution in [0.15, 0.2) is 30.7 Å². The van der Waals surface area contributed by atoms with Crippen LogP contribution in [-0.2, 0) is 6.54 Å². The highest BCUT2D eigenvalue weighted by atomic mass is 16.6. The lowest BCUT2D eigenvalue weighted by molar-refractivity contribution is -0.384. The second kappa shape index (κ2) is 6.04. The predicted molar refractivity (Wildman–Crippen MR) is 75.5 cm³/mol. The minimum atomic E-state index is -1.07. The van der Waals surface area contributed by atoms with Crippen molar-refractivity contribution < 1.29 is 14.8 Å². The van der Waals surface area contributed by atoms with E-state index in [0.717, 1.165) is 5.56 Å². The van der Waals surface area contributed by atoms with E-state index in [1.165, 1.54) is 24.7 Å². The van der Waals surface area contributed by atoms with Crippen LogP contribution in [0, 0.1) is 17.0 Å². The lowest BCUT2D eigenvalue weighted by Gasteiger charge is -2.09. The van der Waals surface area contributed by atoms with Crippen LogP contribution in [0.2, 0.25) is 0 Å². The topological polar surface area (TPSA) is 110 Å². The minimum absolute atomic E-state index is 0.0125. The Hall–Kier alpha value is -2.90. The quantitative estimate of drug-likeness (QED) is 0.621. The van der Waals surface area contributed by atoms with Crippen LogP contribution in [0.5, 0.6) is 0 Å². The van der Waals surface area contributed by atoms with Gasteiger partial charge in [-0.15, -0.1) is 0 Å². The second-order valence-corrected chi connectivity index (χ2v) is 4.48. The van der Waals surface area contributed by atoms with E-state index in [2.05, 4.69) is 10.3 Å². The van der Waals surface area contributed by atoms with Gasteiger partial charge in [-0.1, -0.05) is 6.07 Å². The molecule has 0 saturated heterocycles. The molecule has 2 N–H and O–H groups in total. The summed E-state index contributed by atoms with van der Waals surface area (Å²) < 4.78 is 1.64. The average molecular weight is 290 g/mol. The fourth-order valence-electron chi connectivity index (χ4n) is 1.83. The number of carboxylic acid groups (broad SMARTS) is 1. The van der Waals surface area contributed by atoms with Gasteiger partial charge in [0.25, 0.3) is 5.69 Å². The van der Waals surface area contributed by atoms with Crippen molar-refractivity contribution in [2.45, 2.75) is 13.5 Å². The van der Waals surface area contributed by atoms with Gasteiger partial charge in [0.05, 0.1) is 11.3 Å². The smallest absolute Gasteiger partial charge is 0.356 e. The van der Waals surface area contributed by atoms with Gasteiger partial charge in [-0.05, 0) is 12.5 Å². The molecule has 0 aliphatic carbocycles. The number of aromatic nitrogens is 2. The maximum Gasteiger partial charge on any atom is 0.356 e. The molecule has 0 spiro atoms. The summed E-state index contributed by atoms with van der Waals surface area (Å²) in [4.78, 5) is 24.7. The van der Waals surface area contributed by atoms with Gasteiger partial charge in [0.2, 0.25) is 0 Å².